The number of nitrogens with one attached hydrogen (secondary N) is 2. The van der Waals surface area contributed by atoms with Crippen molar-refractivity contribution in [3.63, 3.8) is 0 Å². The Hall–Kier alpha value is -1.56. The number of aryl methyl sites for hydroxylation is 2. The van der Waals surface area contributed by atoms with Crippen LogP contribution in [0.2, 0.25) is 0 Å². The number of benzene rings is 1. The summed E-state index contributed by atoms with van der Waals surface area (Å²) < 4.78 is 1.00. The van der Waals surface area contributed by atoms with Gasteiger partial charge in [-0.2, -0.15) is 0 Å². The quantitative estimate of drug-likeness (QED) is 0.774. The molecule has 2 rings (SSSR count). The molecular weight excluding hydrogens is 336 g/mol. The van der Waals surface area contributed by atoms with E-state index in [1.807, 2.05) is 26.0 Å². The summed E-state index contributed by atoms with van der Waals surface area (Å²) in [5.41, 5.74) is 1.46. The number of carboxylic acids is 1. The van der Waals surface area contributed by atoms with Gasteiger partial charge in [0.15, 0.2) is 0 Å². The highest BCUT2D eigenvalue weighted by atomic mass is 79.9. The van der Waals surface area contributed by atoms with E-state index in [-0.39, 0.29) is 5.92 Å². The fourth-order valence-corrected chi connectivity index (χ4v) is 2.64. The molecule has 0 heterocycles. The molecule has 21 heavy (non-hydrogen) atoms. The van der Waals surface area contributed by atoms with Gasteiger partial charge in [-0.25, -0.2) is 9.59 Å². The lowest BCUT2D eigenvalue weighted by molar-refractivity contribution is -0.144. The molecular formula is C15H19BrN2O3. The van der Waals surface area contributed by atoms with Gasteiger partial charge in [-0.1, -0.05) is 15.9 Å². The number of carbonyl (C=O) groups excluding carboxylic acids is 1. The SMILES string of the molecule is Cc1cc(NC(=O)NC(C)(C(=O)O)C2CC2)cc(C)c1Br. The highest BCUT2D eigenvalue weighted by Crippen LogP contribution is 2.39. The number of rotatable bonds is 4. The van der Waals surface area contributed by atoms with Crippen LogP contribution in [0.5, 0.6) is 0 Å². The fourth-order valence-electron chi connectivity index (χ4n) is 2.41. The van der Waals surface area contributed by atoms with Crippen LogP contribution in [0.25, 0.3) is 0 Å². The molecule has 0 bridgehead atoms. The smallest absolute Gasteiger partial charge is 0.329 e. The van der Waals surface area contributed by atoms with E-state index >= 15 is 0 Å². The Labute approximate surface area is 132 Å². The second-order valence-electron chi connectivity index (χ2n) is 5.78. The summed E-state index contributed by atoms with van der Waals surface area (Å²) in [6, 6.07) is 3.19. The zero-order valence-electron chi connectivity index (χ0n) is 12.3. The highest BCUT2D eigenvalue weighted by molar-refractivity contribution is 9.10. The standard InChI is InChI=1S/C15H19BrN2O3/c1-8-6-11(7-9(2)12(8)16)17-14(21)18-15(3,13(19)20)10-4-5-10/h6-7,10H,4-5H2,1-3H3,(H,19,20)(H2,17,18,21). The number of hydrogen-bond donors (Lipinski definition) is 3. The summed E-state index contributed by atoms with van der Waals surface area (Å²) in [5, 5.41) is 14.6. The average Bonchev–Trinajstić information content (AvgIpc) is 3.19. The van der Waals surface area contributed by atoms with E-state index in [1.54, 1.807) is 6.92 Å². The van der Waals surface area contributed by atoms with Crippen molar-refractivity contribution >= 4 is 33.6 Å². The molecule has 3 N–H and O–H groups in total. The van der Waals surface area contributed by atoms with Gasteiger partial charge in [-0.05, 0) is 62.8 Å². The lowest BCUT2D eigenvalue weighted by atomic mass is 9.96. The van der Waals surface area contributed by atoms with Crippen LogP contribution in [0.1, 0.15) is 30.9 Å². The first-order chi connectivity index (χ1) is 9.74. The molecule has 0 saturated heterocycles. The van der Waals surface area contributed by atoms with Crippen molar-refractivity contribution in [1.29, 1.82) is 0 Å². The minimum Gasteiger partial charge on any atom is -0.480 e. The first-order valence-corrected chi connectivity index (χ1v) is 7.62. The first kappa shape index (κ1) is 15.8. The third kappa shape index (κ3) is 3.37. The zero-order valence-corrected chi connectivity index (χ0v) is 13.9. The van der Waals surface area contributed by atoms with Gasteiger partial charge >= 0.3 is 12.0 Å². The molecule has 1 fully saturated rings. The molecule has 1 aromatic rings. The Morgan fingerprint density at radius 3 is 2.24 bits per heavy atom. The predicted octanol–water partition coefficient (Wildman–Crippen LogP) is 3.44. The molecule has 6 heteroatoms. The van der Waals surface area contributed by atoms with Gasteiger partial charge in [0.2, 0.25) is 0 Å². The summed E-state index contributed by atoms with van der Waals surface area (Å²) in [6.45, 7) is 5.43. The lowest BCUT2D eigenvalue weighted by Gasteiger charge is -2.26. The van der Waals surface area contributed by atoms with Gasteiger partial charge < -0.3 is 15.7 Å². The molecule has 114 valence electrons. The van der Waals surface area contributed by atoms with Crippen molar-refractivity contribution < 1.29 is 14.7 Å². The molecule has 0 radical (unpaired) electrons. The Kier molecular flexibility index (Phi) is 4.27. The van der Waals surface area contributed by atoms with Crippen molar-refractivity contribution in [2.45, 2.75) is 39.2 Å². The second-order valence-corrected chi connectivity index (χ2v) is 6.58. The average molecular weight is 355 g/mol. The number of anilines is 1. The molecule has 1 saturated carbocycles. The normalized spacial score (nSPS) is 17.0. The summed E-state index contributed by atoms with van der Waals surface area (Å²) in [4.78, 5) is 23.5. The number of hydrogen-bond acceptors (Lipinski definition) is 2. The van der Waals surface area contributed by atoms with E-state index in [1.165, 1.54) is 0 Å². The topological polar surface area (TPSA) is 78.4 Å². The largest absolute Gasteiger partial charge is 0.480 e. The fraction of sp³-hybridized carbons (Fsp3) is 0.467. The molecule has 2 amide bonds. The van der Waals surface area contributed by atoms with Crippen molar-refractivity contribution in [1.82, 2.24) is 5.32 Å². The number of aliphatic carboxylic acids is 1. The number of amides is 2. The van der Waals surface area contributed by atoms with Gasteiger partial charge in [0.1, 0.15) is 5.54 Å². The van der Waals surface area contributed by atoms with Gasteiger partial charge in [0, 0.05) is 10.2 Å². The molecule has 0 spiro atoms. The Bertz CT molecular complexity index is 576. The maximum Gasteiger partial charge on any atom is 0.329 e. The Morgan fingerprint density at radius 2 is 1.81 bits per heavy atom. The van der Waals surface area contributed by atoms with Gasteiger partial charge in [-0.3, -0.25) is 0 Å². The Morgan fingerprint density at radius 1 is 1.29 bits per heavy atom. The first-order valence-electron chi connectivity index (χ1n) is 6.83. The monoisotopic (exact) mass is 354 g/mol. The van der Waals surface area contributed by atoms with E-state index in [4.69, 9.17) is 0 Å². The van der Waals surface area contributed by atoms with E-state index in [0.29, 0.717) is 5.69 Å². The number of halogens is 1. The number of urea groups is 1. The summed E-state index contributed by atoms with van der Waals surface area (Å²) in [6.07, 6.45) is 1.67. The molecule has 1 aliphatic rings. The summed E-state index contributed by atoms with van der Waals surface area (Å²) in [7, 11) is 0. The lowest BCUT2D eigenvalue weighted by Crippen LogP contribution is -2.55. The van der Waals surface area contributed by atoms with Crippen LogP contribution in [0.3, 0.4) is 0 Å². The maximum atomic E-state index is 12.1. The van der Waals surface area contributed by atoms with Crippen LogP contribution in [0, 0.1) is 19.8 Å². The molecule has 1 aromatic carbocycles. The van der Waals surface area contributed by atoms with E-state index in [2.05, 4.69) is 26.6 Å². The minimum atomic E-state index is -1.20. The molecule has 1 atom stereocenters. The summed E-state index contributed by atoms with van der Waals surface area (Å²) in [5.74, 6) is -0.988. The van der Waals surface area contributed by atoms with Gasteiger partial charge in [0.05, 0.1) is 0 Å². The number of carboxylic acid groups (broad SMARTS) is 1. The van der Waals surface area contributed by atoms with Crippen LogP contribution in [-0.4, -0.2) is 22.6 Å². The molecule has 1 aliphatic carbocycles. The van der Waals surface area contributed by atoms with E-state index < -0.39 is 17.5 Å². The van der Waals surface area contributed by atoms with Crippen LogP contribution in [0.4, 0.5) is 10.5 Å². The Balaban J connectivity index is 2.10. The van der Waals surface area contributed by atoms with Crippen molar-refractivity contribution in [3.8, 4) is 0 Å². The van der Waals surface area contributed by atoms with E-state index in [9.17, 15) is 14.7 Å². The van der Waals surface area contributed by atoms with Crippen LogP contribution >= 0.6 is 15.9 Å². The van der Waals surface area contributed by atoms with Crippen LogP contribution in [0.15, 0.2) is 16.6 Å². The van der Waals surface area contributed by atoms with Gasteiger partial charge in [0.25, 0.3) is 0 Å². The minimum absolute atomic E-state index is 0.00846. The van der Waals surface area contributed by atoms with Crippen molar-refractivity contribution in [3.05, 3.63) is 27.7 Å². The van der Waals surface area contributed by atoms with E-state index in [0.717, 1.165) is 28.4 Å². The molecule has 0 aliphatic heterocycles. The number of carbonyl (C=O) groups is 2. The zero-order chi connectivity index (χ0) is 15.8. The van der Waals surface area contributed by atoms with Crippen LogP contribution < -0.4 is 10.6 Å². The van der Waals surface area contributed by atoms with Crippen molar-refractivity contribution in [2.24, 2.45) is 5.92 Å². The summed E-state index contributed by atoms with van der Waals surface area (Å²) >= 11 is 3.47. The van der Waals surface area contributed by atoms with Crippen molar-refractivity contribution in [2.75, 3.05) is 5.32 Å². The third-order valence-electron chi connectivity index (χ3n) is 3.91. The second kappa shape index (κ2) is 5.67. The third-order valence-corrected chi connectivity index (χ3v) is 5.16. The highest BCUT2D eigenvalue weighted by Gasteiger charge is 2.48. The van der Waals surface area contributed by atoms with Crippen LogP contribution in [-0.2, 0) is 4.79 Å². The van der Waals surface area contributed by atoms with Gasteiger partial charge in [-0.15, -0.1) is 0 Å². The molecule has 1 unspecified atom stereocenters. The molecule has 0 aromatic heterocycles. The molecule has 5 nitrogen and oxygen atoms in total. The predicted molar refractivity (Wildman–Crippen MR) is 84.5 cm³/mol. The maximum absolute atomic E-state index is 12.1.